The van der Waals surface area contributed by atoms with Crippen molar-refractivity contribution in [1.29, 1.82) is 0 Å². The molecule has 0 atom stereocenters. The molecule has 0 saturated carbocycles. The normalized spacial score (nSPS) is 10.4. The molecule has 0 saturated heterocycles. The summed E-state index contributed by atoms with van der Waals surface area (Å²) in [6.45, 7) is 6.44. The summed E-state index contributed by atoms with van der Waals surface area (Å²) in [6.07, 6.45) is 0. The number of hydrogen-bond acceptors (Lipinski definition) is 0. The van der Waals surface area contributed by atoms with E-state index in [-0.39, 0.29) is 0 Å². The summed E-state index contributed by atoms with van der Waals surface area (Å²) in [5, 5.41) is 2.78. The molecule has 0 heterocycles. The van der Waals surface area contributed by atoms with E-state index in [1.165, 1.54) is 33.4 Å². The van der Waals surface area contributed by atoms with E-state index < -0.39 is 3.25 Å². The first-order valence-electron chi connectivity index (χ1n) is 7.61. The Labute approximate surface area is 202 Å². The van der Waals surface area contributed by atoms with Gasteiger partial charge in [-0.2, -0.15) is 0 Å². The molecule has 0 aliphatic rings. The second kappa shape index (κ2) is 14.1. The Morgan fingerprint density at radius 3 is 1.31 bits per heavy atom. The van der Waals surface area contributed by atoms with Crippen LogP contribution in [0.25, 0.3) is 0 Å². The molecule has 26 heavy (non-hydrogen) atoms. The van der Waals surface area contributed by atoms with Gasteiger partial charge in [-0.1, -0.05) is 131 Å². The lowest BCUT2D eigenvalue weighted by molar-refractivity contribution is 1.23. The predicted molar refractivity (Wildman–Crippen MR) is 131 cm³/mol. The van der Waals surface area contributed by atoms with Crippen LogP contribution in [0.1, 0.15) is 33.4 Å². The zero-order valence-corrected chi connectivity index (χ0v) is 22.5. The number of alkyl halides is 7. The lowest BCUT2D eigenvalue weighted by Gasteiger charge is -2.08. The first kappa shape index (κ1) is 27.0. The Bertz CT molecular complexity index is 622. The van der Waals surface area contributed by atoms with Crippen LogP contribution in [0.5, 0.6) is 0 Å². The van der Waals surface area contributed by atoms with Gasteiger partial charge < -0.3 is 0 Å². The molecular weight excluding hydrogens is 610 g/mol. The monoisotopic (exact) mass is 626 g/mol. The topological polar surface area (TPSA) is 0 Å². The molecule has 0 unspecified atom stereocenters. The molecule has 2 aromatic rings. The minimum absolute atomic E-state index is 0.925. The van der Waals surface area contributed by atoms with Gasteiger partial charge in [0.1, 0.15) is 0 Å². The van der Waals surface area contributed by atoms with E-state index in [2.05, 4.69) is 105 Å². The third-order valence-electron chi connectivity index (χ3n) is 3.67. The van der Waals surface area contributed by atoms with Gasteiger partial charge in [0.15, 0.2) is 0 Å². The Morgan fingerprint density at radius 1 is 0.692 bits per heavy atom. The number of benzene rings is 2. The Morgan fingerprint density at radius 2 is 1.04 bits per heavy atom. The van der Waals surface area contributed by atoms with Crippen LogP contribution in [0.3, 0.4) is 0 Å². The van der Waals surface area contributed by atoms with Gasteiger partial charge in [-0.25, -0.2) is 0 Å². The summed E-state index contributed by atoms with van der Waals surface area (Å²) in [6, 6.07) is 12.8. The highest BCUT2D eigenvalue weighted by Crippen LogP contribution is 2.29. The van der Waals surface area contributed by atoms with Crippen molar-refractivity contribution < 1.29 is 0 Å². The van der Waals surface area contributed by atoms with Crippen LogP contribution >= 0.6 is 94.2 Å². The van der Waals surface area contributed by atoms with Crippen molar-refractivity contribution in [3.8, 4) is 0 Å². The second-order valence-electron chi connectivity index (χ2n) is 5.40. The van der Waals surface area contributed by atoms with Crippen molar-refractivity contribution in [2.24, 2.45) is 0 Å². The molecule has 0 aliphatic heterocycles. The van der Waals surface area contributed by atoms with E-state index in [1.807, 2.05) is 0 Å². The highest BCUT2D eigenvalue weighted by Gasteiger charge is 2.11. The zero-order valence-electron chi connectivity index (χ0n) is 14.7. The molecule has 2 rings (SSSR count). The molecule has 0 aromatic heterocycles. The summed E-state index contributed by atoms with van der Waals surface area (Å²) in [5.41, 5.74) is 8.31. The van der Waals surface area contributed by atoms with E-state index in [9.17, 15) is 0 Å². The van der Waals surface area contributed by atoms with Crippen LogP contribution < -0.4 is 0 Å². The van der Waals surface area contributed by atoms with Crippen LogP contribution in [-0.4, -0.2) is 3.25 Å². The molecule has 7 heteroatoms. The van der Waals surface area contributed by atoms with Gasteiger partial charge in [0, 0.05) is 16.0 Å². The molecule has 0 fully saturated rings. The van der Waals surface area contributed by atoms with Gasteiger partial charge in [-0.3, -0.25) is 0 Å². The van der Waals surface area contributed by atoms with Crippen molar-refractivity contribution in [3.63, 3.8) is 0 Å². The van der Waals surface area contributed by atoms with Crippen molar-refractivity contribution in [1.82, 2.24) is 0 Å². The summed E-state index contributed by atoms with van der Waals surface area (Å²) in [7, 11) is 0. The first-order valence-corrected chi connectivity index (χ1v) is 12.5. The van der Waals surface area contributed by atoms with Gasteiger partial charge in [-0.15, -0.1) is 0 Å². The smallest absolute Gasteiger partial charge is 0.0876 e. The molecule has 0 N–H and O–H groups in total. The fourth-order valence-corrected chi connectivity index (χ4v) is 3.78. The van der Waals surface area contributed by atoms with Crippen molar-refractivity contribution in [3.05, 3.63) is 69.8 Å². The lowest BCUT2D eigenvalue weighted by Crippen LogP contribution is -1.93. The van der Waals surface area contributed by atoms with E-state index in [4.69, 9.17) is 46.4 Å². The third-order valence-corrected chi connectivity index (χ3v) is 5.44. The predicted octanol–water partition coefficient (Wildman–Crippen LogP) is 9.54. The third kappa shape index (κ3) is 11.8. The number of halogens is 7. The first-order chi connectivity index (χ1) is 12.0. The van der Waals surface area contributed by atoms with Gasteiger partial charge >= 0.3 is 0 Å². The average Bonchev–Trinajstić information content (AvgIpc) is 2.57. The molecule has 0 spiro atoms. The standard InChI is InChI=1S/C9H9Br3.C9H12.CCl4/c10-4-7-2-1-3-8(5-11)9(7)6-12;1-7-5-4-6-8(2)9(7)3;2-1(3,4)5/h1-3H,4-6H2;4-6H,1-3H3;. The van der Waals surface area contributed by atoms with Crippen molar-refractivity contribution in [2.75, 3.05) is 0 Å². The maximum Gasteiger partial charge on any atom is 0.266 e. The van der Waals surface area contributed by atoms with Crippen LogP contribution in [0, 0.1) is 20.8 Å². The van der Waals surface area contributed by atoms with E-state index in [0.717, 1.165) is 16.0 Å². The molecule has 0 nitrogen and oxygen atoms in total. The highest BCUT2D eigenvalue weighted by molar-refractivity contribution is 9.09. The molecular formula is C19H21Br3Cl4. The Hall–Kier alpha value is 1.04. The maximum atomic E-state index is 4.83. The van der Waals surface area contributed by atoms with Crippen LogP contribution in [0.2, 0.25) is 0 Å². The number of hydrogen-bond donors (Lipinski definition) is 0. The van der Waals surface area contributed by atoms with E-state index >= 15 is 0 Å². The maximum absolute atomic E-state index is 4.83. The van der Waals surface area contributed by atoms with Gasteiger partial charge in [0.2, 0.25) is 0 Å². The minimum atomic E-state index is -1.61. The molecule has 146 valence electrons. The molecule has 0 radical (unpaired) electrons. The van der Waals surface area contributed by atoms with E-state index in [0.29, 0.717) is 0 Å². The molecule has 0 bridgehead atoms. The largest absolute Gasteiger partial charge is 0.266 e. The SMILES string of the molecule is BrCc1cccc(CBr)c1CBr.Cc1cccc(C)c1C.ClC(Cl)(Cl)Cl. The molecule has 0 aliphatic carbocycles. The van der Waals surface area contributed by atoms with Crippen molar-refractivity contribution in [2.45, 2.75) is 40.0 Å². The number of rotatable bonds is 3. The van der Waals surface area contributed by atoms with Crippen LogP contribution in [-0.2, 0) is 16.0 Å². The minimum Gasteiger partial charge on any atom is -0.0876 e. The fourth-order valence-electron chi connectivity index (χ4n) is 2.01. The van der Waals surface area contributed by atoms with Gasteiger partial charge in [0.25, 0.3) is 3.25 Å². The van der Waals surface area contributed by atoms with Crippen molar-refractivity contribution >= 4 is 94.2 Å². The lowest BCUT2D eigenvalue weighted by atomic mass is 10.1. The van der Waals surface area contributed by atoms with E-state index in [1.54, 1.807) is 0 Å². The Kier molecular flexibility index (Phi) is 14.7. The molecule has 2 aromatic carbocycles. The van der Waals surface area contributed by atoms with Crippen LogP contribution in [0.4, 0.5) is 0 Å². The number of aryl methyl sites for hydroxylation is 2. The summed E-state index contributed by atoms with van der Waals surface area (Å²) in [5.74, 6) is 0. The summed E-state index contributed by atoms with van der Waals surface area (Å²) >= 11 is 29.8. The van der Waals surface area contributed by atoms with Gasteiger partial charge in [-0.05, 0) is 54.2 Å². The summed E-state index contributed by atoms with van der Waals surface area (Å²) in [4.78, 5) is 0. The van der Waals surface area contributed by atoms with Crippen LogP contribution in [0.15, 0.2) is 36.4 Å². The highest BCUT2D eigenvalue weighted by atomic mass is 79.9. The molecule has 0 amide bonds. The zero-order chi connectivity index (χ0) is 20.3. The Balaban J connectivity index is 0.000000394. The average molecular weight is 631 g/mol. The quantitative estimate of drug-likeness (QED) is 0.296. The second-order valence-corrected chi connectivity index (χ2v) is 10.5. The van der Waals surface area contributed by atoms with Gasteiger partial charge in [0.05, 0.1) is 0 Å². The fraction of sp³-hybridized carbons (Fsp3) is 0.368. The summed E-state index contributed by atoms with van der Waals surface area (Å²) < 4.78 is -1.61.